The molecule has 0 aliphatic heterocycles. The van der Waals surface area contributed by atoms with Crippen molar-refractivity contribution in [1.29, 1.82) is 0 Å². The highest BCUT2D eigenvalue weighted by Gasteiger charge is 2.26. The van der Waals surface area contributed by atoms with E-state index in [1.807, 2.05) is 48.5 Å². The normalized spacial score (nSPS) is 11.5. The van der Waals surface area contributed by atoms with E-state index in [4.69, 9.17) is 9.47 Å². The number of carbonyl (C=O) groups excluding carboxylic acids is 2. The second kappa shape index (κ2) is 13.7. The number of amides is 2. The van der Waals surface area contributed by atoms with Gasteiger partial charge in [0.2, 0.25) is 11.8 Å². The van der Waals surface area contributed by atoms with Crippen molar-refractivity contribution in [3.05, 3.63) is 59.7 Å². The van der Waals surface area contributed by atoms with Crippen molar-refractivity contribution in [2.45, 2.75) is 45.0 Å². The lowest BCUT2D eigenvalue weighted by Gasteiger charge is -2.29. The molecule has 7 heteroatoms. The van der Waals surface area contributed by atoms with E-state index in [1.165, 1.54) is 11.8 Å². The number of hydrogen-bond acceptors (Lipinski definition) is 5. The number of hydrogen-bond donors (Lipinski definition) is 1. The first-order valence-corrected chi connectivity index (χ1v) is 12.0. The fourth-order valence-corrected chi connectivity index (χ4v) is 4.02. The van der Waals surface area contributed by atoms with Gasteiger partial charge in [-0.3, -0.25) is 9.59 Å². The Morgan fingerprint density at radius 3 is 2.41 bits per heavy atom. The van der Waals surface area contributed by atoms with Crippen LogP contribution < -0.4 is 14.8 Å². The fraction of sp³-hybridized carbons (Fsp3) is 0.440. The molecular formula is C25H34N2O4S. The number of carbonyl (C=O) groups is 2. The molecule has 0 aliphatic carbocycles. The minimum Gasteiger partial charge on any atom is -0.497 e. The lowest BCUT2D eigenvalue weighted by atomic mass is 10.1. The average molecular weight is 459 g/mol. The van der Waals surface area contributed by atoms with Crippen molar-refractivity contribution in [2.75, 3.05) is 26.5 Å². The molecule has 0 spiro atoms. The summed E-state index contributed by atoms with van der Waals surface area (Å²) >= 11 is 1.54. The van der Waals surface area contributed by atoms with Gasteiger partial charge in [-0.1, -0.05) is 37.6 Å². The van der Waals surface area contributed by atoms with Crippen LogP contribution >= 0.6 is 11.8 Å². The van der Waals surface area contributed by atoms with Gasteiger partial charge in [-0.15, -0.1) is 11.8 Å². The minimum atomic E-state index is -0.563. The van der Waals surface area contributed by atoms with Crippen LogP contribution in [0.15, 0.2) is 48.5 Å². The summed E-state index contributed by atoms with van der Waals surface area (Å²) in [6, 6.07) is 14.8. The van der Waals surface area contributed by atoms with Gasteiger partial charge in [0.1, 0.15) is 17.5 Å². The Morgan fingerprint density at radius 1 is 1.03 bits per heavy atom. The molecule has 0 bridgehead atoms. The number of benzene rings is 2. The monoisotopic (exact) mass is 458 g/mol. The van der Waals surface area contributed by atoms with Crippen LogP contribution in [0.3, 0.4) is 0 Å². The van der Waals surface area contributed by atoms with Crippen LogP contribution in [0.1, 0.15) is 37.8 Å². The Morgan fingerprint density at radius 2 is 1.75 bits per heavy atom. The molecule has 2 aromatic rings. The van der Waals surface area contributed by atoms with Crippen molar-refractivity contribution in [3.8, 4) is 11.5 Å². The fourth-order valence-electron chi connectivity index (χ4n) is 3.15. The van der Waals surface area contributed by atoms with Crippen LogP contribution in [-0.2, 0) is 21.9 Å². The maximum atomic E-state index is 13.1. The first-order chi connectivity index (χ1) is 15.5. The molecule has 174 valence electrons. The molecule has 0 aromatic heterocycles. The first-order valence-electron chi connectivity index (χ1n) is 10.9. The number of nitrogens with one attached hydrogen (secondary N) is 1. The maximum absolute atomic E-state index is 13.1. The van der Waals surface area contributed by atoms with Gasteiger partial charge in [-0.05, 0) is 48.7 Å². The molecule has 2 amide bonds. The van der Waals surface area contributed by atoms with Crippen LogP contribution in [0.25, 0.3) is 0 Å². The number of rotatable bonds is 13. The summed E-state index contributed by atoms with van der Waals surface area (Å²) < 4.78 is 10.5. The Labute approximate surface area is 195 Å². The summed E-state index contributed by atoms with van der Waals surface area (Å²) in [6.45, 7) is 4.83. The summed E-state index contributed by atoms with van der Waals surface area (Å²) in [6.07, 6.45) is 1.92. The zero-order valence-electron chi connectivity index (χ0n) is 19.4. The predicted octanol–water partition coefficient (Wildman–Crippen LogP) is 4.27. The maximum Gasteiger partial charge on any atom is 0.242 e. The predicted molar refractivity (Wildman–Crippen MR) is 130 cm³/mol. The zero-order valence-corrected chi connectivity index (χ0v) is 20.2. The van der Waals surface area contributed by atoms with Crippen LogP contribution in [-0.4, -0.2) is 49.3 Å². The Balaban J connectivity index is 2.05. The molecule has 0 heterocycles. The van der Waals surface area contributed by atoms with Gasteiger partial charge in [-0.25, -0.2) is 0 Å². The number of ether oxygens (including phenoxy) is 2. The number of thioether (sulfide) groups is 1. The van der Waals surface area contributed by atoms with Gasteiger partial charge in [0.25, 0.3) is 0 Å². The lowest BCUT2D eigenvalue weighted by Crippen LogP contribution is -2.48. The third kappa shape index (κ3) is 8.11. The van der Waals surface area contributed by atoms with Crippen molar-refractivity contribution in [1.82, 2.24) is 10.2 Å². The Hall–Kier alpha value is -2.67. The van der Waals surface area contributed by atoms with Gasteiger partial charge < -0.3 is 19.7 Å². The van der Waals surface area contributed by atoms with E-state index in [-0.39, 0.29) is 11.8 Å². The molecule has 32 heavy (non-hydrogen) atoms. The molecule has 1 unspecified atom stereocenters. The lowest BCUT2D eigenvalue weighted by molar-refractivity contribution is -0.138. The number of nitrogens with zero attached hydrogens (tertiary/aromatic N) is 1. The molecule has 1 N–H and O–H groups in total. The Kier molecular flexibility index (Phi) is 10.9. The third-order valence-corrected chi connectivity index (χ3v) is 6.13. The van der Waals surface area contributed by atoms with Crippen LogP contribution in [0.2, 0.25) is 0 Å². The van der Waals surface area contributed by atoms with Crippen molar-refractivity contribution in [2.24, 2.45) is 0 Å². The van der Waals surface area contributed by atoms with Gasteiger partial charge >= 0.3 is 0 Å². The highest BCUT2D eigenvalue weighted by Crippen LogP contribution is 2.20. The van der Waals surface area contributed by atoms with Gasteiger partial charge in [0.15, 0.2) is 0 Å². The van der Waals surface area contributed by atoms with Gasteiger partial charge in [0, 0.05) is 18.8 Å². The standard InChI is InChI=1S/C25H34N2O4S/c1-5-6-14-26-25(29)19(2)27(16-21-8-7-9-23(15-21)31-4)24(28)18-32-17-20-10-12-22(30-3)13-11-20/h7-13,15,19H,5-6,14,16-18H2,1-4H3,(H,26,29). The minimum absolute atomic E-state index is 0.0653. The molecule has 6 nitrogen and oxygen atoms in total. The second-order valence-corrected chi connectivity index (χ2v) is 8.52. The molecule has 2 aromatic carbocycles. The first kappa shape index (κ1) is 25.6. The molecule has 0 saturated carbocycles. The van der Waals surface area contributed by atoms with Crippen LogP contribution in [0.5, 0.6) is 11.5 Å². The summed E-state index contributed by atoms with van der Waals surface area (Å²) in [5.41, 5.74) is 2.04. The van der Waals surface area contributed by atoms with Crippen molar-refractivity contribution in [3.63, 3.8) is 0 Å². The zero-order chi connectivity index (χ0) is 23.3. The summed E-state index contributed by atoms with van der Waals surface area (Å²) in [4.78, 5) is 27.5. The van der Waals surface area contributed by atoms with E-state index in [9.17, 15) is 9.59 Å². The van der Waals surface area contributed by atoms with E-state index in [1.54, 1.807) is 26.0 Å². The van der Waals surface area contributed by atoms with E-state index in [0.29, 0.717) is 24.6 Å². The van der Waals surface area contributed by atoms with E-state index in [2.05, 4.69) is 12.2 Å². The summed E-state index contributed by atoms with van der Waals surface area (Å²) in [7, 11) is 3.25. The highest BCUT2D eigenvalue weighted by molar-refractivity contribution is 7.99. The van der Waals surface area contributed by atoms with Gasteiger partial charge in [-0.2, -0.15) is 0 Å². The number of unbranched alkanes of at least 4 members (excludes halogenated alkanes) is 1. The molecule has 1 atom stereocenters. The molecule has 0 fully saturated rings. The smallest absolute Gasteiger partial charge is 0.242 e. The molecular weight excluding hydrogens is 424 g/mol. The van der Waals surface area contributed by atoms with E-state index in [0.717, 1.165) is 35.5 Å². The molecule has 0 saturated heterocycles. The van der Waals surface area contributed by atoms with Crippen molar-refractivity contribution < 1.29 is 19.1 Å². The molecule has 0 aliphatic rings. The number of methoxy groups -OCH3 is 2. The summed E-state index contributed by atoms with van der Waals surface area (Å²) in [5.74, 6) is 2.34. The van der Waals surface area contributed by atoms with Crippen molar-refractivity contribution >= 4 is 23.6 Å². The highest BCUT2D eigenvalue weighted by atomic mass is 32.2. The topological polar surface area (TPSA) is 67.9 Å². The SMILES string of the molecule is CCCCNC(=O)C(C)N(Cc1cccc(OC)c1)C(=O)CSCc1ccc(OC)cc1. The van der Waals surface area contributed by atoms with E-state index >= 15 is 0 Å². The Bertz CT molecular complexity index is 857. The van der Waals surface area contributed by atoms with Crippen LogP contribution in [0.4, 0.5) is 0 Å². The summed E-state index contributed by atoms with van der Waals surface area (Å²) in [5, 5.41) is 2.94. The van der Waals surface area contributed by atoms with Gasteiger partial charge in [0.05, 0.1) is 20.0 Å². The quantitative estimate of drug-likeness (QED) is 0.454. The largest absolute Gasteiger partial charge is 0.497 e. The average Bonchev–Trinajstić information content (AvgIpc) is 2.82. The van der Waals surface area contributed by atoms with E-state index < -0.39 is 6.04 Å². The van der Waals surface area contributed by atoms with Crippen LogP contribution in [0, 0.1) is 0 Å². The second-order valence-electron chi connectivity index (χ2n) is 7.53. The molecule has 2 rings (SSSR count). The molecule has 0 radical (unpaired) electrons. The third-order valence-electron chi connectivity index (χ3n) is 5.14.